The lowest BCUT2D eigenvalue weighted by Gasteiger charge is -2.17. The van der Waals surface area contributed by atoms with Crippen LogP contribution < -0.4 is 4.90 Å². The number of likely N-dealkylation sites (N-methyl/N-ethyl adjacent to an activating group) is 1. The Morgan fingerprint density at radius 3 is 2.68 bits per heavy atom. The molecule has 22 heavy (non-hydrogen) atoms. The summed E-state index contributed by atoms with van der Waals surface area (Å²) in [6.07, 6.45) is 1.25. The van der Waals surface area contributed by atoms with Gasteiger partial charge in [0, 0.05) is 19.2 Å². The van der Waals surface area contributed by atoms with E-state index in [1.54, 1.807) is 4.90 Å². The molecule has 4 heteroatoms. The van der Waals surface area contributed by atoms with Crippen molar-refractivity contribution in [1.82, 2.24) is 9.97 Å². The van der Waals surface area contributed by atoms with Gasteiger partial charge in [-0.1, -0.05) is 31.2 Å². The van der Waals surface area contributed by atoms with Gasteiger partial charge >= 0.3 is 0 Å². The zero-order valence-electron chi connectivity index (χ0n) is 12.8. The number of H-pyrrole nitrogens is 1. The number of benzene rings is 2. The molecule has 0 atom stereocenters. The SMILES string of the molecule is CCc1nc2ccc(CC(=O)N(C)c3ccccc3)cc2[nH]1. The monoisotopic (exact) mass is 293 g/mol. The smallest absolute Gasteiger partial charge is 0.231 e. The molecule has 0 fully saturated rings. The lowest BCUT2D eigenvalue weighted by Crippen LogP contribution is -2.27. The number of carbonyl (C=O) groups is 1. The summed E-state index contributed by atoms with van der Waals surface area (Å²) >= 11 is 0. The second-order valence-corrected chi connectivity index (χ2v) is 5.35. The number of nitrogens with one attached hydrogen (secondary N) is 1. The van der Waals surface area contributed by atoms with E-state index >= 15 is 0 Å². The third kappa shape index (κ3) is 2.86. The lowest BCUT2D eigenvalue weighted by atomic mass is 10.1. The summed E-state index contributed by atoms with van der Waals surface area (Å²) < 4.78 is 0. The number of para-hydroxylation sites is 1. The van der Waals surface area contributed by atoms with Crippen molar-refractivity contribution in [3.63, 3.8) is 0 Å². The number of aromatic nitrogens is 2. The number of nitrogens with zero attached hydrogens (tertiary/aromatic N) is 2. The lowest BCUT2D eigenvalue weighted by molar-refractivity contribution is -0.117. The van der Waals surface area contributed by atoms with Crippen molar-refractivity contribution in [3.05, 3.63) is 59.9 Å². The third-order valence-electron chi connectivity index (χ3n) is 3.80. The zero-order chi connectivity index (χ0) is 15.5. The average molecular weight is 293 g/mol. The van der Waals surface area contributed by atoms with Crippen molar-refractivity contribution in [2.24, 2.45) is 0 Å². The first-order chi connectivity index (χ1) is 10.7. The number of hydrogen-bond donors (Lipinski definition) is 1. The number of aryl methyl sites for hydroxylation is 1. The first kappa shape index (κ1) is 14.3. The fraction of sp³-hybridized carbons (Fsp3) is 0.222. The van der Waals surface area contributed by atoms with Crippen molar-refractivity contribution in [2.45, 2.75) is 19.8 Å². The standard InChI is InChI=1S/C18H19N3O/c1-3-17-19-15-10-9-13(11-16(15)20-17)12-18(22)21(2)14-7-5-4-6-8-14/h4-11H,3,12H2,1-2H3,(H,19,20). The molecule has 1 heterocycles. The van der Waals surface area contributed by atoms with E-state index in [4.69, 9.17) is 0 Å². The fourth-order valence-electron chi connectivity index (χ4n) is 2.48. The maximum Gasteiger partial charge on any atom is 0.231 e. The number of aromatic amines is 1. The van der Waals surface area contributed by atoms with Gasteiger partial charge in [-0.15, -0.1) is 0 Å². The number of rotatable bonds is 4. The molecule has 1 N–H and O–H groups in total. The van der Waals surface area contributed by atoms with Crippen LogP contribution in [0.25, 0.3) is 11.0 Å². The minimum absolute atomic E-state index is 0.0702. The highest BCUT2D eigenvalue weighted by atomic mass is 16.2. The first-order valence-corrected chi connectivity index (χ1v) is 7.46. The van der Waals surface area contributed by atoms with Gasteiger partial charge in [-0.05, 0) is 29.8 Å². The Balaban J connectivity index is 1.79. The van der Waals surface area contributed by atoms with Crippen molar-refractivity contribution >= 4 is 22.6 Å². The quantitative estimate of drug-likeness (QED) is 0.802. The van der Waals surface area contributed by atoms with Gasteiger partial charge in [-0.3, -0.25) is 4.79 Å². The van der Waals surface area contributed by atoms with Crippen molar-refractivity contribution in [2.75, 3.05) is 11.9 Å². The molecule has 0 spiro atoms. The topological polar surface area (TPSA) is 49.0 Å². The Morgan fingerprint density at radius 2 is 1.95 bits per heavy atom. The molecule has 0 aliphatic rings. The van der Waals surface area contributed by atoms with Crippen LogP contribution >= 0.6 is 0 Å². The molecule has 1 aromatic heterocycles. The Morgan fingerprint density at radius 1 is 1.18 bits per heavy atom. The minimum atomic E-state index is 0.0702. The van der Waals surface area contributed by atoms with Gasteiger partial charge in [0.15, 0.2) is 0 Å². The maximum absolute atomic E-state index is 12.4. The molecule has 3 aromatic rings. The number of anilines is 1. The van der Waals surface area contributed by atoms with Crippen LogP contribution in [0.2, 0.25) is 0 Å². The number of imidazole rings is 1. The normalized spacial score (nSPS) is 10.8. The molecular formula is C18H19N3O. The minimum Gasteiger partial charge on any atom is -0.342 e. The van der Waals surface area contributed by atoms with Crippen molar-refractivity contribution in [3.8, 4) is 0 Å². The van der Waals surface area contributed by atoms with Gasteiger partial charge in [0.2, 0.25) is 5.91 Å². The van der Waals surface area contributed by atoms with Gasteiger partial charge in [-0.25, -0.2) is 4.98 Å². The van der Waals surface area contributed by atoms with Gasteiger partial charge < -0.3 is 9.88 Å². The van der Waals surface area contributed by atoms with Crippen LogP contribution in [0, 0.1) is 0 Å². The molecule has 1 amide bonds. The van der Waals surface area contributed by atoms with E-state index in [-0.39, 0.29) is 5.91 Å². The highest BCUT2D eigenvalue weighted by Crippen LogP contribution is 2.17. The Labute approximate surface area is 129 Å². The van der Waals surface area contributed by atoms with Crippen LogP contribution in [0.15, 0.2) is 48.5 Å². The molecule has 0 aliphatic heterocycles. The highest BCUT2D eigenvalue weighted by molar-refractivity contribution is 5.94. The van der Waals surface area contributed by atoms with Crippen LogP contribution in [-0.4, -0.2) is 22.9 Å². The Kier molecular flexibility index (Phi) is 3.92. The molecule has 4 nitrogen and oxygen atoms in total. The number of carbonyl (C=O) groups excluding carboxylic acids is 1. The first-order valence-electron chi connectivity index (χ1n) is 7.46. The number of amides is 1. The number of hydrogen-bond acceptors (Lipinski definition) is 2. The van der Waals surface area contributed by atoms with Crippen LogP contribution in [-0.2, 0) is 17.6 Å². The van der Waals surface area contributed by atoms with Crippen LogP contribution in [0.3, 0.4) is 0 Å². The molecule has 3 rings (SSSR count). The summed E-state index contributed by atoms with van der Waals surface area (Å²) in [5, 5.41) is 0. The highest BCUT2D eigenvalue weighted by Gasteiger charge is 2.12. The molecular weight excluding hydrogens is 274 g/mol. The van der Waals surface area contributed by atoms with Crippen molar-refractivity contribution in [1.29, 1.82) is 0 Å². The summed E-state index contributed by atoms with van der Waals surface area (Å²) in [4.78, 5) is 21.9. The summed E-state index contributed by atoms with van der Waals surface area (Å²) in [7, 11) is 1.81. The molecule has 0 bridgehead atoms. The van der Waals surface area contributed by atoms with Crippen LogP contribution in [0.4, 0.5) is 5.69 Å². The molecule has 0 saturated heterocycles. The predicted octanol–water partition coefficient (Wildman–Crippen LogP) is 3.33. The summed E-state index contributed by atoms with van der Waals surface area (Å²) in [6, 6.07) is 15.6. The Hall–Kier alpha value is -2.62. The molecule has 0 saturated carbocycles. The average Bonchev–Trinajstić information content (AvgIpc) is 2.97. The van der Waals surface area contributed by atoms with Gasteiger partial charge in [0.1, 0.15) is 5.82 Å². The molecule has 112 valence electrons. The summed E-state index contributed by atoms with van der Waals surface area (Å²) in [6.45, 7) is 2.07. The largest absolute Gasteiger partial charge is 0.342 e. The van der Waals surface area contributed by atoms with Crippen LogP contribution in [0.1, 0.15) is 18.3 Å². The van der Waals surface area contributed by atoms with E-state index in [9.17, 15) is 4.79 Å². The maximum atomic E-state index is 12.4. The van der Waals surface area contributed by atoms with E-state index < -0.39 is 0 Å². The third-order valence-corrected chi connectivity index (χ3v) is 3.80. The second-order valence-electron chi connectivity index (χ2n) is 5.35. The van der Waals surface area contributed by atoms with E-state index in [2.05, 4.69) is 16.9 Å². The van der Waals surface area contributed by atoms with E-state index in [1.165, 1.54) is 0 Å². The van der Waals surface area contributed by atoms with Crippen LogP contribution in [0.5, 0.6) is 0 Å². The summed E-state index contributed by atoms with van der Waals surface area (Å²) in [5.41, 5.74) is 3.84. The molecule has 0 radical (unpaired) electrons. The molecule has 0 unspecified atom stereocenters. The zero-order valence-corrected chi connectivity index (χ0v) is 12.8. The Bertz CT molecular complexity index is 792. The van der Waals surface area contributed by atoms with E-state index in [0.717, 1.165) is 34.5 Å². The molecule has 2 aromatic carbocycles. The second kappa shape index (κ2) is 6.02. The van der Waals surface area contributed by atoms with Gasteiger partial charge in [0.05, 0.1) is 17.5 Å². The number of fused-ring (bicyclic) bond motifs is 1. The van der Waals surface area contributed by atoms with E-state index in [1.807, 2.05) is 55.6 Å². The van der Waals surface area contributed by atoms with Gasteiger partial charge in [-0.2, -0.15) is 0 Å². The van der Waals surface area contributed by atoms with Crippen molar-refractivity contribution < 1.29 is 4.79 Å². The summed E-state index contributed by atoms with van der Waals surface area (Å²) in [5.74, 6) is 1.04. The fourth-order valence-corrected chi connectivity index (χ4v) is 2.48. The predicted molar refractivity (Wildman–Crippen MR) is 89.0 cm³/mol. The van der Waals surface area contributed by atoms with E-state index in [0.29, 0.717) is 6.42 Å². The van der Waals surface area contributed by atoms with Gasteiger partial charge in [0.25, 0.3) is 0 Å². The molecule has 0 aliphatic carbocycles.